The van der Waals surface area contributed by atoms with Crippen molar-refractivity contribution >= 4 is 23.1 Å². The quantitative estimate of drug-likeness (QED) is 0.159. The minimum Gasteiger partial charge on any atom is -0.309 e. The van der Waals surface area contributed by atoms with Gasteiger partial charge in [-0.15, -0.1) is 0 Å². The van der Waals surface area contributed by atoms with E-state index in [1.807, 2.05) is 78.9 Å². The van der Waals surface area contributed by atoms with Gasteiger partial charge in [0.15, 0.2) is 13.0 Å². The van der Waals surface area contributed by atoms with Crippen molar-refractivity contribution in [3.8, 4) is 56.0 Å². The van der Waals surface area contributed by atoms with Gasteiger partial charge in [0.05, 0.1) is 16.8 Å². The second-order valence-electron chi connectivity index (χ2n) is 14.8. The largest absolute Gasteiger partial charge is 0.309 e. The predicted octanol–water partition coefficient (Wildman–Crippen LogP) is 11.5. The molecule has 11 rings (SSSR count). The van der Waals surface area contributed by atoms with Crippen LogP contribution in [0.25, 0.3) is 56.0 Å². The van der Waals surface area contributed by atoms with Crippen LogP contribution in [0.3, 0.4) is 0 Å². The van der Waals surface area contributed by atoms with E-state index in [1.165, 1.54) is 27.8 Å². The van der Waals surface area contributed by atoms with E-state index in [0.717, 1.165) is 60.7 Å². The number of hydrogen-bond acceptors (Lipinski definition) is 3. The Labute approximate surface area is 332 Å². The Hall–Kier alpha value is -6.93. The van der Waals surface area contributed by atoms with Gasteiger partial charge in [0, 0.05) is 32.6 Å². The molecule has 4 heteroatoms. The second kappa shape index (κ2) is 13.1. The molecule has 0 N–H and O–H groups in total. The molecule has 0 saturated carbocycles. The molecule has 0 amide bonds. The molecule has 3 nitrogen and oxygen atoms in total. The summed E-state index contributed by atoms with van der Waals surface area (Å²) in [5.74, 6) is 0.708. The predicted molar refractivity (Wildman–Crippen MR) is 234 cm³/mol. The molecule has 2 aliphatic rings. The summed E-state index contributed by atoms with van der Waals surface area (Å²) in [6.07, 6.45) is 0. The van der Waals surface area contributed by atoms with Crippen molar-refractivity contribution in [1.82, 2.24) is 9.97 Å². The van der Waals surface area contributed by atoms with Gasteiger partial charge in [-0.25, -0.2) is 9.97 Å². The molecule has 57 heavy (non-hydrogen) atoms. The zero-order valence-electron chi connectivity index (χ0n) is 31.0. The van der Waals surface area contributed by atoms with E-state index in [2.05, 4.69) is 133 Å². The molecule has 0 bridgehead atoms. The summed E-state index contributed by atoms with van der Waals surface area (Å²) in [6.45, 7) is 0. The minimum atomic E-state index is -3.07. The third-order valence-electron chi connectivity index (χ3n) is 11.8. The highest BCUT2D eigenvalue weighted by molar-refractivity contribution is 7.85. The van der Waals surface area contributed by atoms with E-state index in [0.29, 0.717) is 5.82 Å². The summed E-state index contributed by atoms with van der Waals surface area (Å²) < 4.78 is 15.0. The Bertz CT molecular complexity index is 2930. The standard InChI is InChI=1S/C53H35N2OP/c56-57(40-18-6-2-7-19-40,41-20-8-3-9-21-41)42-34-32-37(33-35-42)36-28-30-38(31-29-36)50-49-45-24-12-15-27-48(45)53(51(49)55-52(54-50)39-16-4-1-5-17-39)46-25-13-10-22-43(46)44-23-11-14-26-47(44)53/h1-35H. The van der Waals surface area contributed by atoms with Gasteiger partial charge in [0.2, 0.25) is 0 Å². The van der Waals surface area contributed by atoms with Crippen molar-refractivity contribution in [1.29, 1.82) is 0 Å². The number of hydrogen-bond donors (Lipinski definition) is 0. The molecule has 9 aromatic rings. The summed E-state index contributed by atoms with van der Waals surface area (Å²) in [5, 5.41) is 2.47. The Kier molecular flexibility index (Phi) is 7.67. The van der Waals surface area contributed by atoms with Crippen LogP contribution in [0.15, 0.2) is 212 Å². The molecular weight excluding hydrogens is 712 g/mol. The first-order chi connectivity index (χ1) is 28.2. The van der Waals surface area contributed by atoms with Crippen molar-refractivity contribution in [3.05, 3.63) is 235 Å². The summed E-state index contributed by atoms with van der Waals surface area (Å²) in [4.78, 5) is 11.0. The number of fused-ring (bicyclic) bond motifs is 10. The van der Waals surface area contributed by atoms with Crippen LogP contribution in [0.2, 0.25) is 0 Å². The van der Waals surface area contributed by atoms with Gasteiger partial charge in [-0.3, -0.25) is 0 Å². The molecule has 1 aromatic heterocycles. The van der Waals surface area contributed by atoms with E-state index in [-0.39, 0.29) is 0 Å². The van der Waals surface area contributed by atoms with Gasteiger partial charge in [-0.1, -0.05) is 212 Å². The van der Waals surface area contributed by atoms with E-state index in [9.17, 15) is 4.57 Å². The van der Waals surface area contributed by atoms with Gasteiger partial charge in [0.25, 0.3) is 0 Å². The van der Waals surface area contributed by atoms with Crippen molar-refractivity contribution in [2.75, 3.05) is 0 Å². The molecule has 0 saturated heterocycles. The van der Waals surface area contributed by atoms with Crippen molar-refractivity contribution in [2.24, 2.45) is 0 Å². The zero-order valence-corrected chi connectivity index (χ0v) is 31.9. The maximum absolute atomic E-state index is 15.0. The fourth-order valence-electron chi connectivity index (χ4n) is 9.26. The smallest absolute Gasteiger partial charge is 0.171 e. The molecule has 0 atom stereocenters. The maximum Gasteiger partial charge on any atom is 0.171 e. The van der Waals surface area contributed by atoms with E-state index in [4.69, 9.17) is 9.97 Å². The van der Waals surface area contributed by atoms with Crippen LogP contribution >= 0.6 is 7.14 Å². The van der Waals surface area contributed by atoms with Crippen LogP contribution in [0.5, 0.6) is 0 Å². The number of rotatable bonds is 6. The van der Waals surface area contributed by atoms with E-state index < -0.39 is 12.6 Å². The number of aromatic nitrogens is 2. The first-order valence-electron chi connectivity index (χ1n) is 19.4. The van der Waals surface area contributed by atoms with E-state index in [1.54, 1.807) is 0 Å². The number of benzene rings is 8. The lowest BCUT2D eigenvalue weighted by molar-refractivity contribution is 0.592. The first-order valence-corrected chi connectivity index (χ1v) is 21.1. The molecular formula is C53H35N2OP. The summed E-state index contributed by atoms with van der Waals surface area (Å²) in [6, 6.07) is 73.4. The van der Waals surface area contributed by atoms with Gasteiger partial charge in [0.1, 0.15) is 0 Å². The molecule has 2 aliphatic carbocycles. The van der Waals surface area contributed by atoms with Gasteiger partial charge in [-0.2, -0.15) is 0 Å². The summed E-state index contributed by atoms with van der Waals surface area (Å²) in [5.41, 5.74) is 14.0. The van der Waals surface area contributed by atoms with Gasteiger partial charge < -0.3 is 4.57 Å². The van der Waals surface area contributed by atoms with Crippen LogP contribution in [-0.4, -0.2) is 9.97 Å². The van der Waals surface area contributed by atoms with E-state index >= 15 is 0 Å². The van der Waals surface area contributed by atoms with Crippen molar-refractivity contribution < 1.29 is 4.57 Å². The molecule has 8 aromatic carbocycles. The van der Waals surface area contributed by atoms with Crippen LogP contribution < -0.4 is 15.9 Å². The molecule has 0 fully saturated rings. The zero-order chi connectivity index (χ0) is 38.0. The Morgan fingerprint density at radius 3 is 1.30 bits per heavy atom. The molecule has 0 unspecified atom stereocenters. The first kappa shape index (κ1) is 33.4. The summed E-state index contributed by atoms with van der Waals surface area (Å²) >= 11 is 0. The summed E-state index contributed by atoms with van der Waals surface area (Å²) in [7, 11) is -3.07. The average Bonchev–Trinajstić information content (AvgIpc) is 3.77. The van der Waals surface area contributed by atoms with Crippen LogP contribution in [0.1, 0.15) is 22.4 Å². The molecule has 1 heterocycles. The van der Waals surface area contributed by atoms with Gasteiger partial charge >= 0.3 is 0 Å². The number of nitrogens with zero attached hydrogens (tertiary/aromatic N) is 2. The Balaban J connectivity index is 1.06. The lowest BCUT2D eigenvalue weighted by Gasteiger charge is -2.29. The molecule has 1 spiro atoms. The van der Waals surface area contributed by atoms with Crippen molar-refractivity contribution in [3.63, 3.8) is 0 Å². The average molecular weight is 747 g/mol. The Morgan fingerprint density at radius 1 is 0.351 bits per heavy atom. The third kappa shape index (κ3) is 4.96. The second-order valence-corrected chi connectivity index (χ2v) is 17.5. The van der Waals surface area contributed by atoms with Crippen molar-refractivity contribution in [2.45, 2.75) is 5.41 Å². The lowest BCUT2D eigenvalue weighted by Crippen LogP contribution is -2.27. The fourth-order valence-corrected chi connectivity index (χ4v) is 11.9. The maximum atomic E-state index is 15.0. The van der Waals surface area contributed by atoms with Crippen LogP contribution in [0, 0.1) is 0 Å². The molecule has 268 valence electrons. The highest BCUT2D eigenvalue weighted by atomic mass is 31.2. The van der Waals surface area contributed by atoms with Crippen LogP contribution in [0.4, 0.5) is 0 Å². The fraction of sp³-hybridized carbons (Fsp3) is 0.0189. The van der Waals surface area contributed by atoms with Crippen LogP contribution in [-0.2, 0) is 9.98 Å². The highest BCUT2D eigenvalue weighted by Crippen LogP contribution is 2.63. The monoisotopic (exact) mass is 746 g/mol. The molecule has 0 radical (unpaired) electrons. The molecule has 0 aliphatic heterocycles. The minimum absolute atomic E-state index is 0.582. The SMILES string of the molecule is O=P(c1ccccc1)(c1ccccc1)c1ccc(-c2ccc(-c3nc(-c4ccccc4)nc4c3-c3ccccc3C43c4ccccc4-c4ccccc43)cc2)cc1. The lowest BCUT2D eigenvalue weighted by atomic mass is 9.72. The highest BCUT2D eigenvalue weighted by Gasteiger charge is 2.54. The topological polar surface area (TPSA) is 42.9 Å². The van der Waals surface area contributed by atoms with Gasteiger partial charge in [-0.05, 0) is 44.5 Å². The normalized spacial score (nSPS) is 13.1. The third-order valence-corrected chi connectivity index (χ3v) is 14.9. The Morgan fingerprint density at radius 2 is 0.754 bits per heavy atom.